The number of amides is 2. The molecule has 1 unspecified atom stereocenters. The molecule has 34 heavy (non-hydrogen) atoms. The minimum Gasteiger partial charge on any atom is -0.478 e. The minimum absolute atomic E-state index is 0.0421. The number of nitrogens with one attached hydrogen (secondary N) is 2. The molecule has 0 aromatic heterocycles. The number of nitrogens with zero attached hydrogens (tertiary/aromatic N) is 1. The monoisotopic (exact) mass is 475 g/mol. The Labute approximate surface area is 203 Å². The molecule has 1 aromatic carbocycles. The van der Waals surface area contributed by atoms with E-state index >= 15 is 0 Å². The minimum atomic E-state index is -1.04. The fraction of sp³-hybridized carbons (Fsp3) is 0.577. The summed E-state index contributed by atoms with van der Waals surface area (Å²) >= 11 is 0. The van der Waals surface area contributed by atoms with Crippen molar-refractivity contribution in [2.24, 2.45) is 5.92 Å². The maximum atomic E-state index is 13.5. The molecule has 0 aliphatic heterocycles. The molecule has 0 radical (unpaired) electrons. The van der Waals surface area contributed by atoms with Crippen LogP contribution in [0.4, 0.5) is 0 Å². The number of carbonyl (C=O) groups excluding carboxylic acids is 2. The SMILES string of the molecule is CNC(C(=O)N[C@H](C(=O)N(C)[C@H](C=C(C)C(=O)O)C(C)C)[C@@H](C)OC)C(C)(C)c1ccccc1. The molecule has 0 saturated heterocycles. The molecule has 0 bridgehead atoms. The van der Waals surface area contributed by atoms with E-state index in [2.05, 4.69) is 10.6 Å². The Morgan fingerprint density at radius 2 is 1.68 bits per heavy atom. The molecule has 2 amide bonds. The van der Waals surface area contributed by atoms with E-state index in [1.165, 1.54) is 18.9 Å². The molecule has 190 valence electrons. The van der Waals surface area contributed by atoms with E-state index < -0.39 is 35.6 Å². The van der Waals surface area contributed by atoms with Crippen LogP contribution < -0.4 is 10.6 Å². The number of likely N-dealkylation sites (N-methyl/N-ethyl adjacent to an activating group) is 2. The number of methoxy groups -OCH3 is 1. The van der Waals surface area contributed by atoms with Crippen LogP contribution in [0.25, 0.3) is 0 Å². The maximum absolute atomic E-state index is 13.5. The number of hydrogen-bond acceptors (Lipinski definition) is 5. The molecule has 0 heterocycles. The van der Waals surface area contributed by atoms with Crippen LogP contribution in [0.5, 0.6) is 0 Å². The highest BCUT2D eigenvalue weighted by molar-refractivity contribution is 5.91. The molecular formula is C26H41N3O5. The molecular weight excluding hydrogens is 434 g/mol. The van der Waals surface area contributed by atoms with Crippen molar-refractivity contribution >= 4 is 17.8 Å². The van der Waals surface area contributed by atoms with E-state index in [4.69, 9.17) is 4.74 Å². The van der Waals surface area contributed by atoms with Crippen molar-refractivity contribution in [2.45, 2.75) is 71.2 Å². The normalized spacial score (nSPS) is 15.9. The number of carboxylic acids is 1. The molecule has 4 atom stereocenters. The van der Waals surface area contributed by atoms with Crippen molar-refractivity contribution in [1.29, 1.82) is 0 Å². The van der Waals surface area contributed by atoms with Crippen LogP contribution in [-0.2, 0) is 24.5 Å². The molecule has 0 saturated carbocycles. The first kappa shape index (κ1) is 29.3. The van der Waals surface area contributed by atoms with Gasteiger partial charge in [-0.1, -0.05) is 64.1 Å². The van der Waals surface area contributed by atoms with E-state index in [0.717, 1.165) is 5.56 Å². The lowest BCUT2D eigenvalue weighted by atomic mass is 9.77. The van der Waals surface area contributed by atoms with Crippen LogP contribution in [0.3, 0.4) is 0 Å². The Bertz CT molecular complexity index is 866. The van der Waals surface area contributed by atoms with Gasteiger partial charge in [-0.3, -0.25) is 9.59 Å². The van der Waals surface area contributed by atoms with Crippen molar-refractivity contribution in [3.63, 3.8) is 0 Å². The van der Waals surface area contributed by atoms with Gasteiger partial charge in [-0.15, -0.1) is 0 Å². The fourth-order valence-corrected chi connectivity index (χ4v) is 4.05. The number of benzene rings is 1. The van der Waals surface area contributed by atoms with E-state index in [9.17, 15) is 19.5 Å². The highest BCUT2D eigenvalue weighted by Crippen LogP contribution is 2.27. The number of aliphatic carboxylic acids is 1. The van der Waals surface area contributed by atoms with Crippen LogP contribution in [-0.4, -0.2) is 73.2 Å². The molecule has 1 aromatic rings. The van der Waals surface area contributed by atoms with Gasteiger partial charge in [0.25, 0.3) is 0 Å². The molecule has 0 aliphatic carbocycles. The van der Waals surface area contributed by atoms with Crippen LogP contribution in [0.2, 0.25) is 0 Å². The number of carboxylic acid groups (broad SMARTS) is 1. The van der Waals surface area contributed by atoms with E-state index in [1.807, 2.05) is 58.0 Å². The predicted octanol–water partition coefficient (Wildman–Crippen LogP) is 2.59. The summed E-state index contributed by atoms with van der Waals surface area (Å²) in [5.41, 5.74) is 0.578. The van der Waals surface area contributed by atoms with Gasteiger partial charge < -0.3 is 25.4 Å². The first-order valence-electron chi connectivity index (χ1n) is 11.5. The fourth-order valence-electron chi connectivity index (χ4n) is 4.05. The third kappa shape index (κ3) is 7.14. The maximum Gasteiger partial charge on any atom is 0.331 e. The Kier molecular flexibility index (Phi) is 10.9. The average molecular weight is 476 g/mol. The molecule has 0 aliphatic rings. The number of hydrogen-bond donors (Lipinski definition) is 3. The van der Waals surface area contributed by atoms with Gasteiger partial charge in [0, 0.05) is 25.1 Å². The largest absolute Gasteiger partial charge is 0.478 e. The Hall–Kier alpha value is -2.71. The zero-order valence-electron chi connectivity index (χ0n) is 21.9. The second-order valence-electron chi connectivity index (χ2n) is 9.58. The number of ether oxygens (including phenoxy) is 1. The first-order chi connectivity index (χ1) is 15.8. The summed E-state index contributed by atoms with van der Waals surface area (Å²) < 4.78 is 5.44. The summed E-state index contributed by atoms with van der Waals surface area (Å²) in [5, 5.41) is 15.3. The lowest BCUT2D eigenvalue weighted by molar-refractivity contribution is -0.141. The van der Waals surface area contributed by atoms with E-state index in [1.54, 1.807) is 27.1 Å². The first-order valence-corrected chi connectivity index (χ1v) is 11.5. The number of carbonyl (C=O) groups is 3. The topological polar surface area (TPSA) is 108 Å². The average Bonchev–Trinajstić information content (AvgIpc) is 2.79. The standard InChI is InChI=1S/C26H41N3O5/c1-16(2)20(15-17(3)25(32)33)29(8)24(31)21(18(4)34-9)28-23(30)22(27-7)26(5,6)19-13-11-10-12-14-19/h10-16,18,20-22,27H,1-9H3,(H,28,30)(H,32,33)/t18-,20-,21+,22?/m1/s1. The van der Waals surface area contributed by atoms with Crippen molar-refractivity contribution in [2.75, 3.05) is 21.2 Å². The van der Waals surface area contributed by atoms with Gasteiger partial charge in [0.1, 0.15) is 6.04 Å². The second kappa shape index (κ2) is 12.7. The summed E-state index contributed by atoms with van der Waals surface area (Å²) in [6, 6.07) is 7.67. The highest BCUT2D eigenvalue weighted by atomic mass is 16.5. The molecule has 3 N–H and O–H groups in total. The predicted molar refractivity (Wildman–Crippen MR) is 134 cm³/mol. The van der Waals surface area contributed by atoms with Crippen LogP contribution in [0, 0.1) is 5.92 Å². The zero-order chi connectivity index (χ0) is 26.2. The van der Waals surface area contributed by atoms with Crippen LogP contribution in [0.1, 0.15) is 47.1 Å². The Morgan fingerprint density at radius 3 is 2.12 bits per heavy atom. The highest BCUT2D eigenvalue weighted by Gasteiger charge is 2.39. The van der Waals surface area contributed by atoms with Gasteiger partial charge in [0.2, 0.25) is 11.8 Å². The van der Waals surface area contributed by atoms with Gasteiger partial charge in [-0.05, 0) is 32.4 Å². The smallest absolute Gasteiger partial charge is 0.331 e. The molecule has 8 heteroatoms. The van der Waals surface area contributed by atoms with E-state index in [0.29, 0.717) is 0 Å². The zero-order valence-corrected chi connectivity index (χ0v) is 21.9. The van der Waals surface area contributed by atoms with Gasteiger partial charge in [0.05, 0.1) is 18.2 Å². The lowest BCUT2D eigenvalue weighted by Crippen LogP contribution is -2.61. The molecule has 0 spiro atoms. The molecule has 1 rings (SSSR count). The van der Waals surface area contributed by atoms with Gasteiger partial charge in [-0.2, -0.15) is 0 Å². The van der Waals surface area contributed by atoms with Crippen molar-refractivity contribution in [3.8, 4) is 0 Å². The Morgan fingerprint density at radius 1 is 1.12 bits per heavy atom. The van der Waals surface area contributed by atoms with Crippen molar-refractivity contribution in [1.82, 2.24) is 15.5 Å². The summed E-state index contributed by atoms with van der Waals surface area (Å²) in [5.74, 6) is -1.77. The van der Waals surface area contributed by atoms with Gasteiger partial charge in [-0.25, -0.2) is 4.79 Å². The van der Waals surface area contributed by atoms with Crippen molar-refractivity contribution < 1.29 is 24.2 Å². The Balaban J connectivity index is 3.25. The third-order valence-corrected chi connectivity index (χ3v) is 6.43. The summed E-state index contributed by atoms with van der Waals surface area (Å²) in [6.07, 6.45) is 0.963. The van der Waals surface area contributed by atoms with Crippen molar-refractivity contribution in [3.05, 3.63) is 47.5 Å². The summed E-state index contributed by atoms with van der Waals surface area (Å²) in [6.45, 7) is 11.0. The third-order valence-electron chi connectivity index (χ3n) is 6.43. The molecule has 8 nitrogen and oxygen atoms in total. The van der Waals surface area contributed by atoms with E-state index in [-0.39, 0.29) is 23.3 Å². The number of rotatable bonds is 12. The quantitative estimate of drug-likeness (QED) is 0.401. The summed E-state index contributed by atoms with van der Waals surface area (Å²) in [7, 11) is 4.81. The van der Waals surface area contributed by atoms with Gasteiger partial charge in [0.15, 0.2) is 0 Å². The van der Waals surface area contributed by atoms with Crippen LogP contribution >= 0.6 is 0 Å². The second-order valence-corrected chi connectivity index (χ2v) is 9.58. The summed E-state index contributed by atoms with van der Waals surface area (Å²) in [4.78, 5) is 39.8. The van der Waals surface area contributed by atoms with Crippen LogP contribution in [0.15, 0.2) is 42.0 Å². The molecule has 0 fully saturated rings. The van der Waals surface area contributed by atoms with Gasteiger partial charge >= 0.3 is 5.97 Å². The lowest BCUT2D eigenvalue weighted by Gasteiger charge is -2.37.